The predicted molar refractivity (Wildman–Crippen MR) is 119 cm³/mol. The first-order valence-corrected chi connectivity index (χ1v) is 10.1. The lowest BCUT2D eigenvalue weighted by Crippen LogP contribution is -2.37. The summed E-state index contributed by atoms with van der Waals surface area (Å²) in [5.41, 5.74) is 2.61. The fraction of sp³-hybridized carbons (Fsp3) is 0.167. The van der Waals surface area contributed by atoms with Gasteiger partial charge in [0, 0.05) is 18.2 Å². The number of anilines is 1. The van der Waals surface area contributed by atoms with E-state index in [1.807, 2.05) is 48.5 Å². The minimum Gasteiger partial charge on any atom is -0.495 e. The van der Waals surface area contributed by atoms with Crippen molar-refractivity contribution in [2.24, 2.45) is 0 Å². The molecule has 0 radical (unpaired) electrons. The van der Waals surface area contributed by atoms with Gasteiger partial charge in [0.05, 0.1) is 24.9 Å². The fourth-order valence-electron chi connectivity index (χ4n) is 3.75. The van der Waals surface area contributed by atoms with Crippen molar-refractivity contribution < 1.29 is 19.1 Å². The standard InChI is InChI=1S/C24H21ClN2O4/c1-30-20-13-21(31-2)19(12-18(20)25)26-23(28)22(15-8-4-3-5-9-15)27-14-16-10-6-7-11-17(16)24(27)29/h3-13,22H,14H2,1-2H3,(H,26,28)/t22-/m1/s1. The lowest BCUT2D eigenvalue weighted by molar-refractivity contribution is -0.120. The van der Waals surface area contributed by atoms with E-state index >= 15 is 0 Å². The van der Waals surface area contributed by atoms with Crippen LogP contribution in [0, 0.1) is 0 Å². The Labute approximate surface area is 185 Å². The zero-order valence-corrected chi connectivity index (χ0v) is 17.8. The zero-order valence-electron chi connectivity index (χ0n) is 17.1. The molecule has 1 aliphatic heterocycles. The van der Waals surface area contributed by atoms with Crippen molar-refractivity contribution in [1.82, 2.24) is 4.90 Å². The number of fused-ring (bicyclic) bond motifs is 1. The van der Waals surface area contributed by atoms with Crippen LogP contribution < -0.4 is 14.8 Å². The molecule has 0 spiro atoms. The summed E-state index contributed by atoms with van der Waals surface area (Å²) >= 11 is 6.25. The van der Waals surface area contributed by atoms with Gasteiger partial charge in [-0.3, -0.25) is 9.59 Å². The largest absolute Gasteiger partial charge is 0.495 e. The molecule has 0 fully saturated rings. The van der Waals surface area contributed by atoms with Gasteiger partial charge in [-0.15, -0.1) is 0 Å². The van der Waals surface area contributed by atoms with Crippen LogP contribution in [0.5, 0.6) is 11.5 Å². The lowest BCUT2D eigenvalue weighted by atomic mass is 10.0. The molecule has 0 saturated carbocycles. The van der Waals surface area contributed by atoms with Gasteiger partial charge in [0.1, 0.15) is 17.5 Å². The number of carbonyl (C=O) groups is 2. The van der Waals surface area contributed by atoms with Gasteiger partial charge < -0.3 is 19.7 Å². The van der Waals surface area contributed by atoms with Crippen LogP contribution in [-0.4, -0.2) is 30.9 Å². The summed E-state index contributed by atoms with van der Waals surface area (Å²) in [7, 11) is 2.99. The number of amides is 2. The second-order valence-electron chi connectivity index (χ2n) is 7.08. The van der Waals surface area contributed by atoms with Crippen molar-refractivity contribution in [3.05, 3.63) is 88.4 Å². The van der Waals surface area contributed by atoms with E-state index in [1.54, 1.807) is 23.1 Å². The van der Waals surface area contributed by atoms with Gasteiger partial charge in [0.25, 0.3) is 11.8 Å². The van der Waals surface area contributed by atoms with Gasteiger partial charge in [-0.2, -0.15) is 0 Å². The summed E-state index contributed by atoms with van der Waals surface area (Å²) in [5, 5.41) is 3.21. The number of methoxy groups -OCH3 is 2. The molecule has 31 heavy (non-hydrogen) atoms. The van der Waals surface area contributed by atoms with Crippen molar-refractivity contribution in [1.29, 1.82) is 0 Å². The number of hydrogen-bond donors (Lipinski definition) is 1. The number of hydrogen-bond acceptors (Lipinski definition) is 4. The maximum Gasteiger partial charge on any atom is 0.255 e. The van der Waals surface area contributed by atoms with Gasteiger partial charge in [-0.1, -0.05) is 60.1 Å². The van der Waals surface area contributed by atoms with Crippen molar-refractivity contribution in [3.63, 3.8) is 0 Å². The molecule has 1 N–H and O–H groups in total. The summed E-state index contributed by atoms with van der Waals surface area (Å²) in [4.78, 5) is 28.2. The number of nitrogens with zero attached hydrogens (tertiary/aromatic N) is 1. The van der Waals surface area contributed by atoms with E-state index in [4.69, 9.17) is 21.1 Å². The molecule has 1 aliphatic rings. The fourth-order valence-corrected chi connectivity index (χ4v) is 3.99. The Morgan fingerprint density at radius 1 is 1.00 bits per heavy atom. The molecular weight excluding hydrogens is 416 g/mol. The average molecular weight is 437 g/mol. The smallest absolute Gasteiger partial charge is 0.255 e. The van der Waals surface area contributed by atoms with Gasteiger partial charge in [0.15, 0.2) is 0 Å². The van der Waals surface area contributed by atoms with Gasteiger partial charge >= 0.3 is 0 Å². The number of carbonyl (C=O) groups excluding carboxylic acids is 2. The Morgan fingerprint density at radius 2 is 1.68 bits per heavy atom. The highest BCUT2D eigenvalue weighted by atomic mass is 35.5. The first-order chi connectivity index (χ1) is 15.0. The lowest BCUT2D eigenvalue weighted by Gasteiger charge is -2.27. The van der Waals surface area contributed by atoms with Gasteiger partial charge in [0.2, 0.25) is 0 Å². The van der Waals surface area contributed by atoms with Crippen LogP contribution in [0.1, 0.15) is 27.5 Å². The van der Waals surface area contributed by atoms with E-state index in [0.717, 1.165) is 5.56 Å². The van der Waals surface area contributed by atoms with Crippen molar-refractivity contribution in [2.45, 2.75) is 12.6 Å². The van der Waals surface area contributed by atoms with Crippen LogP contribution in [0.4, 0.5) is 5.69 Å². The van der Waals surface area contributed by atoms with Crippen LogP contribution in [0.15, 0.2) is 66.7 Å². The normalized spacial score (nSPS) is 13.5. The quantitative estimate of drug-likeness (QED) is 0.608. The highest BCUT2D eigenvalue weighted by Gasteiger charge is 2.37. The first-order valence-electron chi connectivity index (χ1n) is 9.69. The highest BCUT2D eigenvalue weighted by molar-refractivity contribution is 6.32. The summed E-state index contributed by atoms with van der Waals surface area (Å²) in [6.45, 7) is 0.350. The Balaban J connectivity index is 1.70. The summed E-state index contributed by atoms with van der Waals surface area (Å²) in [6, 6.07) is 19.0. The second kappa shape index (κ2) is 8.70. The second-order valence-corrected chi connectivity index (χ2v) is 7.49. The topological polar surface area (TPSA) is 67.9 Å². The molecule has 0 bridgehead atoms. The molecule has 0 unspecified atom stereocenters. The van der Waals surface area contributed by atoms with E-state index in [2.05, 4.69) is 5.32 Å². The minimum atomic E-state index is -0.827. The van der Waals surface area contributed by atoms with E-state index in [-0.39, 0.29) is 11.8 Å². The van der Waals surface area contributed by atoms with E-state index < -0.39 is 6.04 Å². The monoisotopic (exact) mass is 436 g/mol. The molecule has 0 aromatic heterocycles. The SMILES string of the molecule is COc1cc(OC)c(NC(=O)[C@@H](c2ccccc2)N2Cc3ccccc3C2=O)cc1Cl. The minimum absolute atomic E-state index is 0.181. The van der Waals surface area contributed by atoms with Crippen LogP contribution in [-0.2, 0) is 11.3 Å². The molecule has 4 rings (SSSR count). The van der Waals surface area contributed by atoms with E-state index in [0.29, 0.717) is 39.9 Å². The number of ether oxygens (including phenoxy) is 2. The number of rotatable bonds is 6. The molecule has 0 saturated heterocycles. The maximum absolute atomic E-state index is 13.5. The first kappa shape index (κ1) is 20.8. The third-order valence-electron chi connectivity index (χ3n) is 5.26. The molecule has 3 aromatic rings. The molecule has 1 heterocycles. The third-order valence-corrected chi connectivity index (χ3v) is 5.55. The Hall–Kier alpha value is -3.51. The molecule has 0 aliphatic carbocycles. The highest BCUT2D eigenvalue weighted by Crippen LogP contribution is 2.37. The number of benzene rings is 3. The molecule has 1 atom stereocenters. The Morgan fingerprint density at radius 3 is 2.35 bits per heavy atom. The molecule has 2 amide bonds. The van der Waals surface area contributed by atoms with Crippen molar-refractivity contribution >= 4 is 29.1 Å². The van der Waals surface area contributed by atoms with Crippen LogP contribution in [0.3, 0.4) is 0 Å². The molecule has 158 valence electrons. The Kier molecular flexibility index (Phi) is 5.82. The molecule has 3 aromatic carbocycles. The Bertz CT molecular complexity index is 1130. The maximum atomic E-state index is 13.5. The van der Waals surface area contributed by atoms with Crippen LogP contribution in [0.2, 0.25) is 5.02 Å². The average Bonchev–Trinajstić information content (AvgIpc) is 3.11. The van der Waals surface area contributed by atoms with Crippen LogP contribution in [0.25, 0.3) is 0 Å². The molecule has 7 heteroatoms. The number of halogens is 1. The zero-order chi connectivity index (χ0) is 22.0. The molecular formula is C24H21ClN2O4. The third kappa shape index (κ3) is 3.94. The summed E-state index contributed by atoms with van der Waals surface area (Å²) in [6.07, 6.45) is 0. The predicted octanol–water partition coefficient (Wildman–Crippen LogP) is 4.69. The van der Waals surface area contributed by atoms with Crippen molar-refractivity contribution in [3.8, 4) is 11.5 Å². The van der Waals surface area contributed by atoms with Crippen molar-refractivity contribution in [2.75, 3.05) is 19.5 Å². The molecule has 6 nitrogen and oxygen atoms in total. The van der Waals surface area contributed by atoms with E-state index in [9.17, 15) is 9.59 Å². The van der Waals surface area contributed by atoms with Gasteiger partial charge in [-0.05, 0) is 23.3 Å². The number of nitrogens with one attached hydrogen (secondary N) is 1. The van der Waals surface area contributed by atoms with Gasteiger partial charge in [-0.25, -0.2) is 0 Å². The van der Waals surface area contributed by atoms with E-state index in [1.165, 1.54) is 14.2 Å². The summed E-state index contributed by atoms with van der Waals surface area (Å²) < 4.78 is 10.6. The summed E-state index contributed by atoms with van der Waals surface area (Å²) in [5.74, 6) is 0.282. The van der Waals surface area contributed by atoms with Crippen LogP contribution >= 0.6 is 11.6 Å².